The van der Waals surface area contributed by atoms with E-state index in [1.807, 2.05) is 20.8 Å². The van der Waals surface area contributed by atoms with Gasteiger partial charge in [0.25, 0.3) is 15.9 Å². The third-order valence-electron chi connectivity index (χ3n) is 15.7. The molecule has 15 nitrogen and oxygen atoms in total. The first-order chi connectivity index (χ1) is 28.1. The number of hydrogen-bond acceptors (Lipinski definition) is 10. The van der Waals surface area contributed by atoms with E-state index in [1.165, 1.54) is 6.07 Å². The lowest BCUT2D eigenvalue weighted by Gasteiger charge is -2.38. The molecule has 1 aromatic rings. The largest absolute Gasteiger partial charge is 0.441 e. The third kappa shape index (κ3) is 7.06. The number of amides is 5. The molecule has 4 aliphatic carbocycles. The van der Waals surface area contributed by atoms with Gasteiger partial charge in [-0.25, -0.2) is 17.9 Å². The second-order valence-electron chi connectivity index (χ2n) is 20.1. The fourth-order valence-corrected chi connectivity index (χ4v) is 12.6. The summed E-state index contributed by atoms with van der Waals surface area (Å²) >= 11 is 0. The predicted molar refractivity (Wildman–Crippen MR) is 224 cm³/mol. The molecule has 0 radical (unpaired) electrons. The highest BCUT2D eigenvalue weighted by molar-refractivity contribution is 7.90. The molecule has 16 heteroatoms. The van der Waals surface area contributed by atoms with Crippen LogP contribution in [0.1, 0.15) is 106 Å². The van der Waals surface area contributed by atoms with Gasteiger partial charge in [-0.3, -0.25) is 19.2 Å². The summed E-state index contributed by atoms with van der Waals surface area (Å²) in [5, 5.41) is 11.7. The predicted octanol–water partition coefficient (Wildman–Crippen LogP) is 4.39. The molecule has 4 saturated carbocycles. The van der Waals surface area contributed by atoms with Crippen molar-refractivity contribution >= 4 is 45.4 Å². The number of hydrogen-bond donors (Lipinski definition) is 5. The summed E-state index contributed by atoms with van der Waals surface area (Å²) in [6.45, 7) is 16.5. The van der Waals surface area contributed by atoms with Crippen molar-refractivity contribution in [1.29, 1.82) is 0 Å². The van der Waals surface area contributed by atoms with Gasteiger partial charge in [-0.1, -0.05) is 85.4 Å². The van der Waals surface area contributed by atoms with Gasteiger partial charge in [0.05, 0.1) is 18.9 Å². The van der Waals surface area contributed by atoms with Crippen LogP contribution in [-0.4, -0.2) is 99.6 Å². The topological polar surface area (TPSA) is 201 Å². The maximum Gasteiger partial charge on any atom is 0.408 e. The van der Waals surface area contributed by atoms with Crippen molar-refractivity contribution < 1.29 is 41.9 Å². The molecule has 60 heavy (non-hydrogen) atoms. The number of alkyl carbamates (subject to hydrolysis) is 1. The number of nitrogens with one attached hydrogen (secondary N) is 5. The van der Waals surface area contributed by atoms with E-state index >= 15 is 4.79 Å². The lowest BCUT2D eigenvalue weighted by molar-refractivity contribution is -0.145. The first-order valence-corrected chi connectivity index (χ1v) is 23.1. The summed E-state index contributed by atoms with van der Waals surface area (Å²) in [4.78, 5) is 73.3. The fourth-order valence-electron chi connectivity index (χ4n) is 11.4. The Balaban J connectivity index is 1.17. The quantitative estimate of drug-likeness (QED) is 0.177. The summed E-state index contributed by atoms with van der Waals surface area (Å²) in [5.74, 6) is -2.57. The number of carbonyl (C=O) groups excluding carboxylic acids is 5. The van der Waals surface area contributed by atoms with E-state index in [0.717, 1.165) is 51.4 Å². The third-order valence-corrected chi connectivity index (χ3v) is 17.1. The molecule has 0 unspecified atom stereocenters. The van der Waals surface area contributed by atoms with Crippen LogP contribution in [0.3, 0.4) is 0 Å². The number of fused-ring (bicyclic) bond motifs is 1. The van der Waals surface area contributed by atoms with E-state index in [9.17, 15) is 27.6 Å². The van der Waals surface area contributed by atoms with Crippen molar-refractivity contribution in [2.75, 3.05) is 32.1 Å². The second kappa shape index (κ2) is 15.3. The second-order valence-corrected chi connectivity index (χ2v) is 21.7. The molecule has 7 rings (SSSR count). The molecule has 5 N–H and O–H groups in total. The standard InChI is InChI=1S/C44H64N6O9S/c1-9-41(7)25-44(41,37(54)49-60(56,57)31-19-14-13-18-29(31)45-8)48-34(51)30-22-43(40(5,6)42(43)20-15-21-42)26-50(30)36(53)33(39(2,3)4)47-35(52)32(27-16-11-10-12-17-27)46-38(55)59-28-23-58-24-28/h9,13-14,18-19,27-28,30,32-33,45H,1,10-12,15-17,20-26H2,2-8H3,(H,46,55)(H,47,52)(H,48,51)(H,49,54)/t30-,32-,33+,41+,43+,44-/m0/s1. The molecule has 0 bridgehead atoms. The number of nitrogens with zero attached hydrogens (tertiary/aromatic N) is 1. The van der Waals surface area contributed by atoms with E-state index in [2.05, 4.69) is 46.4 Å². The normalized spacial score (nSPS) is 30.2. The van der Waals surface area contributed by atoms with Gasteiger partial charge >= 0.3 is 6.09 Å². The highest BCUT2D eigenvalue weighted by Gasteiger charge is 2.85. The van der Waals surface area contributed by atoms with Crippen LogP contribution in [0, 0.1) is 33.0 Å². The number of carbonyl (C=O) groups is 5. The molecule has 6 fully saturated rings. The molecule has 6 aliphatic rings. The highest BCUT2D eigenvalue weighted by atomic mass is 32.2. The number of sulfonamides is 1. The van der Waals surface area contributed by atoms with Crippen molar-refractivity contribution in [2.24, 2.45) is 33.0 Å². The average molecular weight is 853 g/mol. The monoisotopic (exact) mass is 852 g/mol. The highest BCUT2D eigenvalue weighted by Crippen LogP contribution is 2.88. The van der Waals surface area contributed by atoms with Crippen LogP contribution in [-0.2, 0) is 38.7 Å². The fraction of sp³-hybridized carbons (Fsp3) is 0.705. The van der Waals surface area contributed by atoms with Gasteiger partial charge in [0.2, 0.25) is 17.7 Å². The molecule has 2 saturated heterocycles. The molecule has 0 aromatic heterocycles. The number of anilines is 1. The molecule has 2 heterocycles. The van der Waals surface area contributed by atoms with Gasteiger partial charge in [-0.15, -0.1) is 6.58 Å². The van der Waals surface area contributed by atoms with Gasteiger partial charge in [-0.05, 0) is 72.8 Å². The zero-order chi connectivity index (χ0) is 43.7. The first kappa shape index (κ1) is 43.9. The maximum absolute atomic E-state index is 15.2. The first-order valence-electron chi connectivity index (χ1n) is 21.6. The van der Waals surface area contributed by atoms with Crippen molar-refractivity contribution in [3.8, 4) is 0 Å². The lowest BCUT2D eigenvalue weighted by atomic mass is 9.73. The molecule has 6 atom stereocenters. The molecule has 330 valence electrons. The number of ether oxygens (including phenoxy) is 2. The summed E-state index contributed by atoms with van der Waals surface area (Å²) in [7, 11) is -2.80. The average Bonchev–Trinajstić information content (AvgIpc) is 3.78. The van der Waals surface area contributed by atoms with Gasteiger partial charge in [0.1, 0.15) is 28.6 Å². The number of para-hydroxylation sites is 1. The van der Waals surface area contributed by atoms with Crippen molar-refractivity contribution in [1.82, 2.24) is 25.6 Å². The lowest BCUT2D eigenvalue weighted by Crippen LogP contribution is -2.62. The minimum Gasteiger partial charge on any atom is -0.441 e. The van der Waals surface area contributed by atoms with E-state index in [4.69, 9.17) is 9.47 Å². The number of rotatable bonds is 13. The molecule has 2 aliphatic heterocycles. The van der Waals surface area contributed by atoms with Gasteiger partial charge in [-0.2, -0.15) is 0 Å². The Morgan fingerprint density at radius 3 is 2.17 bits per heavy atom. The molecule has 5 amide bonds. The van der Waals surface area contributed by atoms with Crippen LogP contribution in [0.5, 0.6) is 0 Å². The van der Waals surface area contributed by atoms with Crippen molar-refractivity contribution in [2.45, 2.75) is 140 Å². The molecular weight excluding hydrogens is 789 g/mol. The van der Waals surface area contributed by atoms with Crippen LogP contribution in [0.15, 0.2) is 41.8 Å². The Morgan fingerprint density at radius 1 is 0.967 bits per heavy atom. The zero-order valence-corrected chi connectivity index (χ0v) is 37.0. The van der Waals surface area contributed by atoms with Crippen LogP contribution >= 0.6 is 0 Å². The maximum atomic E-state index is 15.2. The summed E-state index contributed by atoms with van der Waals surface area (Å²) < 4.78 is 40.2. The number of likely N-dealkylation sites (tertiary alicyclic amines) is 1. The van der Waals surface area contributed by atoms with Gasteiger partial charge in [0.15, 0.2) is 6.10 Å². The van der Waals surface area contributed by atoms with E-state index in [0.29, 0.717) is 25.3 Å². The SMILES string of the molecule is C=C[C@]1(C)C[C@]1(NC(=O)[C@@H]1C[C@@]2(CN1C(=O)[C@@H](NC(=O)[C@@H](NC(=O)OC1COC1)C1CCCCC1)C(C)(C)C)C(C)(C)C21CCC1)C(=O)NS(=O)(=O)c1ccccc1NC. The zero-order valence-electron chi connectivity index (χ0n) is 36.2. The molecular formula is C44H64N6O9S. The van der Waals surface area contributed by atoms with Crippen molar-refractivity contribution in [3.05, 3.63) is 36.9 Å². The Labute approximate surface area is 354 Å². The van der Waals surface area contributed by atoms with Gasteiger partial charge in [0, 0.05) is 24.4 Å². The van der Waals surface area contributed by atoms with Crippen LogP contribution in [0.25, 0.3) is 0 Å². The van der Waals surface area contributed by atoms with E-state index in [1.54, 1.807) is 43.1 Å². The van der Waals surface area contributed by atoms with E-state index in [-0.39, 0.29) is 46.1 Å². The Hall–Kier alpha value is -4.18. The minimum atomic E-state index is -4.38. The van der Waals surface area contributed by atoms with Crippen molar-refractivity contribution in [3.63, 3.8) is 0 Å². The summed E-state index contributed by atoms with van der Waals surface area (Å²) in [6, 6.07) is 3.14. The van der Waals surface area contributed by atoms with Crippen LogP contribution < -0.4 is 26.0 Å². The smallest absolute Gasteiger partial charge is 0.408 e. The number of benzene rings is 1. The Bertz CT molecular complexity index is 2040. The minimum absolute atomic E-state index is 0.0606. The molecule has 2 spiro atoms. The Kier molecular flexibility index (Phi) is 11.2. The Morgan fingerprint density at radius 2 is 1.63 bits per heavy atom. The molecule has 1 aromatic carbocycles. The van der Waals surface area contributed by atoms with Gasteiger partial charge < -0.3 is 35.6 Å². The summed E-state index contributed by atoms with van der Waals surface area (Å²) in [6.07, 6.45) is 8.21. The van der Waals surface area contributed by atoms with Crippen LogP contribution in [0.2, 0.25) is 0 Å². The van der Waals surface area contributed by atoms with Crippen LogP contribution in [0.4, 0.5) is 10.5 Å². The summed E-state index contributed by atoms with van der Waals surface area (Å²) in [5.41, 5.74) is -3.81. The van der Waals surface area contributed by atoms with E-state index < -0.39 is 74.2 Å².